The Morgan fingerprint density at radius 2 is 2.52 bits per heavy atom. The number of amides is 1. The van der Waals surface area contributed by atoms with Crippen LogP contribution in [0.25, 0.3) is 0 Å². The summed E-state index contributed by atoms with van der Waals surface area (Å²) in [6.45, 7) is 1.33. The summed E-state index contributed by atoms with van der Waals surface area (Å²) in [7, 11) is 1.63. The van der Waals surface area contributed by atoms with E-state index in [1.54, 1.807) is 18.9 Å². The molecule has 1 atom stereocenters. The highest BCUT2D eigenvalue weighted by molar-refractivity contribution is 8.39. The molecule has 0 spiro atoms. The second-order valence-corrected chi connectivity index (χ2v) is 6.93. The quantitative estimate of drug-likeness (QED) is 0.919. The first-order chi connectivity index (χ1) is 10.3. The minimum Gasteiger partial charge on any atom is -0.497 e. The fraction of sp³-hybridized carbons (Fsp3) is 0.429. The Kier molecular flexibility index (Phi) is 4.60. The predicted octanol–water partition coefficient (Wildman–Crippen LogP) is 2.08. The number of carbonyl (C=O) groups is 1. The van der Waals surface area contributed by atoms with Crippen LogP contribution in [-0.2, 0) is 4.79 Å². The Morgan fingerprint density at radius 1 is 1.62 bits per heavy atom. The molecule has 0 unspecified atom stereocenters. The first kappa shape index (κ1) is 14.6. The zero-order valence-electron chi connectivity index (χ0n) is 11.6. The lowest BCUT2D eigenvalue weighted by molar-refractivity contribution is -0.119. The van der Waals surface area contributed by atoms with Crippen LogP contribution in [0, 0.1) is 0 Å². The SMILES string of the molecule is COc1ccc2c(c1)[C@H](NC(=O)CSC1=NCCS1)CO2. The van der Waals surface area contributed by atoms with Crippen LogP contribution in [0.2, 0.25) is 0 Å². The lowest BCUT2D eigenvalue weighted by Crippen LogP contribution is -2.31. The number of thioether (sulfide) groups is 2. The van der Waals surface area contributed by atoms with Gasteiger partial charge < -0.3 is 14.8 Å². The van der Waals surface area contributed by atoms with E-state index in [0.29, 0.717) is 12.4 Å². The highest BCUT2D eigenvalue weighted by atomic mass is 32.2. The second kappa shape index (κ2) is 6.62. The predicted molar refractivity (Wildman–Crippen MR) is 86.6 cm³/mol. The number of nitrogens with one attached hydrogen (secondary N) is 1. The topological polar surface area (TPSA) is 59.9 Å². The number of carbonyl (C=O) groups excluding carboxylic acids is 1. The molecule has 21 heavy (non-hydrogen) atoms. The number of rotatable bonds is 4. The van der Waals surface area contributed by atoms with E-state index in [1.165, 1.54) is 11.8 Å². The average molecular weight is 324 g/mol. The number of aliphatic imine (C=N–C) groups is 1. The number of nitrogens with zero attached hydrogens (tertiary/aromatic N) is 1. The molecule has 2 aliphatic heterocycles. The van der Waals surface area contributed by atoms with Gasteiger partial charge in [0.2, 0.25) is 5.91 Å². The molecule has 3 rings (SSSR count). The zero-order valence-corrected chi connectivity index (χ0v) is 13.3. The molecule has 1 N–H and O–H groups in total. The van der Waals surface area contributed by atoms with Gasteiger partial charge in [-0.2, -0.15) is 0 Å². The van der Waals surface area contributed by atoms with Crippen LogP contribution >= 0.6 is 23.5 Å². The first-order valence-corrected chi connectivity index (χ1v) is 8.63. The molecule has 0 aliphatic carbocycles. The van der Waals surface area contributed by atoms with Gasteiger partial charge >= 0.3 is 0 Å². The third-order valence-corrected chi connectivity index (χ3v) is 5.47. The maximum atomic E-state index is 12.0. The van der Waals surface area contributed by atoms with Crippen molar-refractivity contribution in [3.63, 3.8) is 0 Å². The van der Waals surface area contributed by atoms with E-state index in [9.17, 15) is 4.79 Å². The minimum atomic E-state index is -0.110. The molecule has 7 heteroatoms. The second-order valence-electron chi connectivity index (χ2n) is 4.62. The van der Waals surface area contributed by atoms with Crippen molar-refractivity contribution in [3.05, 3.63) is 23.8 Å². The van der Waals surface area contributed by atoms with Gasteiger partial charge in [0.15, 0.2) is 0 Å². The Labute approximate surface area is 131 Å². The van der Waals surface area contributed by atoms with E-state index in [-0.39, 0.29) is 11.9 Å². The molecule has 5 nitrogen and oxygen atoms in total. The van der Waals surface area contributed by atoms with Gasteiger partial charge in [-0.1, -0.05) is 23.5 Å². The Bertz CT molecular complexity index is 577. The van der Waals surface area contributed by atoms with Gasteiger partial charge in [-0.05, 0) is 18.2 Å². The number of hydrogen-bond donors (Lipinski definition) is 1. The molecule has 2 heterocycles. The van der Waals surface area contributed by atoms with Crippen molar-refractivity contribution in [2.24, 2.45) is 4.99 Å². The van der Waals surface area contributed by atoms with Crippen LogP contribution in [0.3, 0.4) is 0 Å². The number of fused-ring (bicyclic) bond motifs is 1. The van der Waals surface area contributed by atoms with E-state index >= 15 is 0 Å². The summed E-state index contributed by atoms with van der Waals surface area (Å²) in [5.74, 6) is 2.99. The maximum absolute atomic E-state index is 12.0. The standard InChI is InChI=1S/C14H16N2O3S2/c1-18-9-2-3-12-10(6-9)11(7-19-12)16-13(17)8-21-14-15-4-5-20-14/h2-3,6,11H,4-5,7-8H2,1H3,(H,16,17)/t11-/m1/s1. The van der Waals surface area contributed by atoms with E-state index in [1.807, 2.05) is 18.2 Å². The fourth-order valence-electron chi connectivity index (χ4n) is 2.21. The molecule has 1 aromatic rings. The summed E-state index contributed by atoms with van der Waals surface area (Å²) in [5.41, 5.74) is 0.972. The van der Waals surface area contributed by atoms with Crippen molar-refractivity contribution in [3.8, 4) is 11.5 Å². The Morgan fingerprint density at radius 3 is 3.29 bits per heavy atom. The molecule has 0 saturated carbocycles. The molecule has 0 radical (unpaired) electrons. The van der Waals surface area contributed by atoms with Crippen LogP contribution < -0.4 is 14.8 Å². The van der Waals surface area contributed by atoms with E-state index in [4.69, 9.17) is 9.47 Å². The highest BCUT2D eigenvalue weighted by Gasteiger charge is 2.26. The maximum Gasteiger partial charge on any atom is 0.231 e. The Hall–Kier alpha value is -1.34. The fourth-order valence-corrected chi connectivity index (χ4v) is 4.03. The van der Waals surface area contributed by atoms with Gasteiger partial charge in [0.05, 0.1) is 25.4 Å². The molecule has 0 fully saturated rings. The largest absolute Gasteiger partial charge is 0.497 e. The summed E-state index contributed by atoms with van der Waals surface area (Å²) in [6.07, 6.45) is 0. The molecule has 1 aromatic carbocycles. The summed E-state index contributed by atoms with van der Waals surface area (Å²) < 4.78 is 11.8. The van der Waals surface area contributed by atoms with Crippen LogP contribution in [-0.4, -0.2) is 42.1 Å². The molecule has 0 aromatic heterocycles. The van der Waals surface area contributed by atoms with Crippen LogP contribution in [0.15, 0.2) is 23.2 Å². The number of methoxy groups -OCH3 is 1. The zero-order chi connectivity index (χ0) is 14.7. The number of hydrogen-bond acceptors (Lipinski definition) is 6. The van der Waals surface area contributed by atoms with Crippen molar-refractivity contribution in [2.75, 3.05) is 31.8 Å². The molecular formula is C14H16N2O3S2. The average Bonchev–Trinajstić information content (AvgIpc) is 3.15. The summed E-state index contributed by atoms with van der Waals surface area (Å²) >= 11 is 3.21. The molecular weight excluding hydrogens is 308 g/mol. The highest BCUT2D eigenvalue weighted by Crippen LogP contribution is 2.35. The number of benzene rings is 1. The van der Waals surface area contributed by atoms with Gasteiger partial charge in [0.1, 0.15) is 22.5 Å². The van der Waals surface area contributed by atoms with Gasteiger partial charge in [-0.25, -0.2) is 0 Å². The van der Waals surface area contributed by atoms with Crippen LogP contribution in [0.4, 0.5) is 0 Å². The van der Waals surface area contributed by atoms with Crippen molar-refractivity contribution in [1.29, 1.82) is 0 Å². The van der Waals surface area contributed by atoms with Crippen LogP contribution in [0.5, 0.6) is 11.5 Å². The smallest absolute Gasteiger partial charge is 0.231 e. The Balaban J connectivity index is 1.58. The normalized spacial score (nSPS) is 19.7. The third-order valence-electron chi connectivity index (χ3n) is 3.22. The lowest BCUT2D eigenvalue weighted by Gasteiger charge is -2.12. The summed E-state index contributed by atoms with van der Waals surface area (Å²) in [6, 6.07) is 5.53. The number of ether oxygens (including phenoxy) is 2. The van der Waals surface area contributed by atoms with Gasteiger partial charge in [0, 0.05) is 11.3 Å². The van der Waals surface area contributed by atoms with E-state index < -0.39 is 0 Å². The minimum absolute atomic E-state index is 0.000491. The lowest BCUT2D eigenvalue weighted by atomic mass is 10.1. The molecule has 0 bridgehead atoms. The van der Waals surface area contributed by atoms with E-state index in [2.05, 4.69) is 10.3 Å². The first-order valence-electron chi connectivity index (χ1n) is 6.66. The third kappa shape index (κ3) is 3.47. The van der Waals surface area contributed by atoms with E-state index in [0.717, 1.165) is 33.7 Å². The van der Waals surface area contributed by atoms with Crippen molar-refractivity contribution in [2.45, 2.75) is 6.04 Å². The molecule has 112 valence electrons. The van der Waals surface area contributed by atoms with Gasteiger partial charge in [0.25, 0.3) is 0 Å². The monoisotopic (exact) mass is 324 g/mol. The van der Waals surface area contributed by atoms with Crippen molar-refractivity contribution in [1.82, 2.24) is 5.32 Å². The van der Waals surface area contributed by atoms with Gasteiger partial charge in [-0.15, -0.1) is 0 Å². The van der Waals surface area contributed by atoms with Crippen molar-refractivity contribution < 1.29 is 14.3 Å². The summed E-state index contributed by atoms with van der Waals surface area (Å²) in [4.78, 5) is 16.4. The van der Waals surface area contributed by atoms with Crippen LogP contribution in [0.1, 0.15) is 11.6 Å². The van der Waals surface area contributed by atoms with Crippen molar-refractivity contribution >= 4 is 33.8 Å². The summed E-state index contributed by atoms with van der Waals surface area (Å²) in [5, 5.41) is 3.01. The molecule has 0 saturated heterocycles. The molecule has 1 amide bonds. The van der Waals surface area contributed by atoms with Gasteiger partial charge in [-0.3, -0.25) is 9.79 Å². The molecule has 2 aliphatic rings.